The number of urea groups is 1. The van der Waals surface area contributed by atoms with Gasteiger partial charge in [-0.25, -0.2) is 14.8 Å². The third-order valence-corrected chi connectivity index (χ3v) is 6.27. The summed E-state index contributed by atoms with van der Waals surface area (Å²) in [6, 6.07) is 9.53. The molecule has 1 fully saturated rings. The van der Waals surface area contributed by atoms with Gasteiger partial charge in [0.2, 0.25) is 5.95 Å². The van der Waals surface area contributed by atoms with Crippen LogP contribution in [0.3, 0.4) is 0 Å². The number of hydrogen-bond donors (Lipinski definition) is 2. The van der Waals surface area contributed by atoms with Crippen molar-refractivity contribution >= 4 is 17.7 Å². The van der Waals surface area contributed by atoms with Crippen LogP contribution in [0.1, 0.15) is 38.3 Å². The number of nitrogens with zero attached hydrogens (tertiary/aromatic N) is 6. The Bertz CT molecular complexity index is 1220. The van der Waals surface area contributed by atoms with Gasteiger partial charge in [-0.3, -0.25) is 4.68 Å². The predicted molar refractivity (Wildman–Crippen MR) is 130 cm³/mol. The third kappa shape index (κ3) is 5.34. The summed E-state index contributed by atoms with van der Waals surface area (Å²) in [5.74, 6) is 0.942. The molecule has 1 aromatic carbocycles. The molecule has 176 valence electrons. The summed E-state index contributed by atoms with van der Waals surface area (Å²) in [6.45, 7) is 8.49. The lowest BCUT2D eigenvalue weighted by atomic mass is 9.80. The maximum Gasteiger partial charge on any atom is 0.317 e. The number of benzene rings is 1. The van der Waals surface area contributed by atoms with Crippen molar-refractivity contribution in [1.29, 1.82) is 5.26 Å². The molecule has 1 aliphatic heterocycles. The summed E-state index contributed by atoms with van der Waals surface area (Å²) in [6.07, 6.45) is 6.21. The second-order valence-corrected chi connectivity index (χ2v) is 9.73. The van der Waals surface area contributed by atoms with Crippen LogP contribution in [0.15, 0.2) is 42.9 Å². The van der Waals surface area contributed by atoms with E-state index in [1.54, 1.807) is 29.2 Å². The number of carbonyl (C=O) groups is 1. The van der Waals surface area contributed by atoms with E-state index in [2.05, 4.69) is 52.5 Å². The van der Waals surface area contributed by atoms with Crippen molar-refractivity contribution in [3.05, 3.63) is 54.0 Å². The van der Waals surface area contributed by atoms with E-state index in [-0.39, 0.29) is 11.4 Å². The number of hydrogen-bond acceptors (Lipinski definition) is 6. The predicted octanol–water partition coefficient (Wildman–Crippen LogP) is 4.07. The van der Waals surface area contributed by atoms with Crippen molar-refractivity contribution in [2.24, 2.45) is 18.4 Å². The van der Waals surface area contributed by atoms with Gasteiger partial charge < -0.3 is 15.5 Å². The van der Waals surface area contributed by atoms with E-state index < -0.39 is 0 Å². The largest absolute Gasteiger partial charge is 0.334 e. The van der Waals surface area contributed by atoms with E-state index in [1.165, 1.54) is 0 Å². The van der Waals surface area contributed by atoms with Crippen LogP contribution in [-0.4, -0.2) is 43.8 Å². The molecule has 0 saturated carbocycles. The van der Waals surface area contributed by atoms with Gasteiger partial charge in [0, 0.05) is 44.6 Å². The van der Waals surface area contributed by atoms with Gasteiger partial charge >= 0.3 is 6.03 Å². The zero-order valence-corrected chi connectivity index (χ0v) is 20.0. The highest BCUT2D eigenvalue weighted by Crippen LogP contribution is 2.33. The van der Waals surface area contributed by atoms with Crippen molar-refractivity contribution in [2.45, 2.75) is 33.7 Å². The van der Waals surface area contributed by atoms with E-state index in [0.717, 1.165) is 36.3 Å². The molecule has 3 heterocycles. The molecule has 2 N–H and O–H groups in total. The summed E-state index contributed by atoms with van der Waals surface area (Å²) in [5.41, 5.74) is 3.75. The molecular formula is C25H30N8O. The topological polar surface area (TPSA) is 112 Å². The van der Waals surface area contributed by atoms with Gasteiger partial charge in [0.15, 0.2) is 0 Å². The summed E-state index contributed by atoms with van der Waals surface area (Å²) in [5, 5.41) is 19.9. The Hall–Kier alpha value is -3.93. The number of nitriles is 1. The van der Waals surface area contributed by atoms with Crippen LogP contribution in [0, 0.1) is 22.7 Å². The van der Waals surface area contributed by atoms with Crippen LogP contribution in [0.25, 0.3) is 11.3 Å². The molecule has 1 unspecified atom stereocenters. The zero-order valence-electron chi connectivity index (χ0n) is 20.0. The molecule has 1 aliphatic rings. The average molecular weight is 459 g/mol. The minimum atomic E-state index is -0.0818. The van der Waals surface area contributed by atoms with Crippen LogP contribution in [-0.2, 0) is 13.6 Å². The van der Waals surface area contributed by atoms with Crippen molar-refractivity contribution < 1.29 is 4.79 Å². The molecule has 1 saturated heterocycles. The number of amides is 2. The van der Waals surface area contributed by atoms with E-state index >= 15 is 0 Å². The van der Waals surface area contributed by atoms with Crippen molar-refractivity contribution in [3.8, 4) is 17.3 Å². The van der Waals surface area contributed by atoms with E-state index in [1.807, 2.05) is 30.3 Å². The van der Waals surface area contributed by atoms with Gasteiger partial charge in [-0.2, -0.15) is 10.4 Å². The zero-order chi connectivity index (χ0) is 24.3. The lowest BCUT2D eigenvalue weighted by Crippen LogP contribution is -2.39. The molecule has 9 nitrogen and oxygen atoms in total. The maximum absolute atomic E-state index is 12.7. The Labute approximate surface area is 199 Å². The number of nitrogens with one attached hydrogen (secondary N) is 2. The molecule has 0 bridgehead atoms. The maximum atomic E-state index is 12.7. The SMILES string of the molecule is Cn1cc(Nc2nccc(-c3ccc(CNC(=O)N4CCC(C(C)(C)C)C4)c(C#N)c3)n2)cn1. The van der Waals surface area contributed by atoms with Crippen molar-refractivity contribution in [3.63, 3.8) is 0 Å². The quantitative estimate of drug-likeness (QED) is 0.596. The molecular weight excluding hydrogens is 428 g/mol. The van der Waals surface area contributed by atoms with Gasteiger partial charge in [0.1, 0.15) is 0 Å². The number of likely N-dealkylation sites (tertiary alicyclic amines) is 1. The minimum Gasteiger partial charge on any atom is -0.334 e. The molecule has 1 atom stereocenters. The smallest absolute Gasteiger partial charge is 0.317 e. The molecule has 3 aromatic rings. The first-order chi connectivity index (χ1) is 16.2. The average Bonchev–Trinajstić information content (AvgIpc) is 3.47. The number of rotatable bonds is 5. The first kappa shape index (κ1) is 23.2. The third-order valence-electron chi connectivity index (χ3n) is 6.27. The van der Waals surface area contributed by atoms with Crippen LogP contribution in [0.2, 0.25) is 0 Å². The number of aryl methyl sites for hydroxylation is 1. The lowest BCUT2D eigenvalue weighted by Gasteiger charge is -2.27. The monoisotopic (exact) mass is 458 g/mol. The summed E-state index contributed by atoms with van der Waals surface area (Å²) < 4.78 is 1.69. The number of carbonyl (C=O) groups excluding carboxylic acids is 1. The highest BCUT2D eigenvalue weighted by Gasteiger charge is 2.33. The molecule has 0 aliphatic carbocycles. The molecule has 0 radical (unpaired) electrons. The molecule has 2 aromatic heterocycles. The fourth-order valence-corrected chi connectivity index (χ4v) is 4.12. The lowest BCUT2D eigenvalue weighted by molar-refractivity contribution is 0.196. The van der Waals surface area contributed by atoms with Gasteiger partial charge in [-0.05, 0) is 35.4 Å². The number of anilines is 2. The Morgan fingerprint density at radius 3 is 2.79 bits per heavy atom. The minimum absolute atomic E-state index is 0.0818. The Morgan fingerprint density at radius 1 is 1.29 bits per heavy atom. The van der Waals surface area contributed by atoms with E-state index in [4.69, 9.17) is 0 Å². The van der Waals surface area contributed by atoms with Crippen LogP contribution >= 0.6 is 0 Å². The number of aromatic nitrogens is 4. The highest BCUT2D eigenvalue weighted by molar-refractivity contribution is 5.74. The van der Waals surface area contributed by atoms with Crippen LogP contribution in [0.5, 0.6) is 0 Å². The summed E-state index contributed by atoms with van der Waals surface area (Å²) >= 11 is 0. The summed E-state index contributed by atoms with van der Waals surface area (Å²) in [4.78, 5) is 23.4. The second kappa shape index (κ2) is 9.51. The fraction of sp³-hybridized carbons (Fsp3) is 0.400. The molecule has 4 rings (SSSR count). The van der Waals surface area contributed by atoms with Crippen LogP contribution in [0.4, 0.5) is 16.4 Å². The normalized spacial score (nSPS) is 15.7. The molecule has 34 heavy (non-hydrogen) atoms. The molecule has 2 amide bonds. The van der Waals surface area contributed by atoms with Gasteiger partial charge in [0.05, 0.1) is 29.2 Å². The fourth-order valence-electron chi connectivity index (χ4n) is 4.12. The van der Waals surface area contributed by atoms with E-state index in [9.17, 15) is 10.1 Å². The standard InChI is InChI=1S/C25H30N8O/c1-25(2,3)20-8-10-33(15-20)24(34)28-13-18-6-5-17(11-19(18)12-26)22-7-9-27-23(31-22)30-21-14-29-32(4)16-21/h5-7,9,11,14,16,20H,8,10,13,15H2,1-4H3,(H,28,34)(H,27,30,31). The van der Waals surface area contributed by atoms with Crippen molar-refractivity contribution in [1.82, 2.24) is 30.0 Å². The molecule has 9 heteroatoms. The Morgan fingerprint density at radius 2 is 2.12 bits per heavy atom. The van der Waals surface area contributed by atoms with E-state index in [0.29, 0.717) is 29.7 Å². The first-order valence-corrected chi connectivity index (χ1v) is 11.4. The Balaban J connectivity index is 1.43. The second-order valence-electron chi connectivity index (χ2n) is 9.73. The first-order valence-electron chi connectivity index (χ1n) is 11.4. The van der Waals surface area contributed by atoms with Gasteiger partial charge in [0.25, 0.3) is 0 Å². The van der Waals surface area contributed by atoms with Gasteiger partial charge in [-0.1, -0.05) is 32.9 Å². The van der Waals surface area contributed by atoms with Crippen LogP contribution < -0.4 is 10.6 Å². The van der Waals surface area contributed by atoms with Crippen molar-refractivity contribution in [2.75, 3.05) is 18.4 Å². The molecule has 0 spiro atoms. The van der Waals surface area contributed by atoms with Gasteiger partial charge in [-0.15, -0.1) is 0 Å². The summed E-state index contributed by atoms with van der Waals surface area (Å²) in [7, 11) is 1.84. The highest BCUT2D eigenvalue weighted by atomic mass is 16.2. The Kier molecular flexibility index (Phi) is 6.50.